The van der Waals surface area contributed by atoms with E-state index in [9.17, 15) is 0 Å². The summed E-state index contributed by atoms with van der Waals surface area (Å²) in [6, 6.07) is 0. The molecule has 17 heavy (non-hydrogen) atoms. The normalized spacial score (nSPS) is 16.4. The minimum absolute atomic E-state index is 0.478. The van der Waals surface area contributed by atoms with Gasteiger partial charge in [-0.2, -0.15) is 0 Å². The average molecular weight is 347 g/mol. The molecule has 0 saturated heterocycles. The fourth-order valence-electron chi connectivity index (χ4n) is 2.34. The Morgan fingerprint density at radius 1 is 1.35 bits per heavy atom. The Balaban J connectivity index is 2.37. The summed E-state index contributed by atoms with van der Waals surface area (Å²) in [5, 5.41) is 3.14. The number of nitrogens with zero attached hydrogens (tertiary/aromatic N) is 2. The van der Waals surface area contributed by atoms with Crippen molar-refractivity contribution in [1.29, 1.82) is 0 Å². The molecule has 1 aliphatic carbocycles. The van der Waals surface area contributed by atoms with E-state index >= 15 is 0 Å². The molecule has 0 spiro atoms. The monoisotopic (exact) mass is 347 g/mol. The largest absolute Gasteiger partial charge is 0.377 e. The van der Waals surface area contributed by atoms with Gasteiger partial charge < -0.3 is 10.1 Å². The summed E-state index contributed by atoms with van der Waals surface area (Å²) < 4.78 is 6.29. The lowest BCUT2D eigenvalue weighted by atomic mass is 10.0. The third-order valence-electron chi connectivity index (χ3n) is 3.18. The number of rotatable bonds is 4. The Hall–Kier alpha value is -0.430. The van der Waals surface area contributed by atoms with Crippen molar-refractivity contribution >= 4 is 28.4 Å². The van der Waals surface area contributed by atoms with Crippen molar-refractivity contribution in [3.63, 3.8) is 0 Å². The zero-order valence-corrected chi connectivity index (χ0v) is 12.5. The summed E-state index contributed by atoms with van der Waals surface area (Å²) in [7, 11) is 3.58. The van der Waals surface area contributed by atoms with Crippen molar-refractivity contribution < 1.29 is 4.74 Å². The van der Waals surface area contributed by atoms with E-state index in [2.05, 4.69) is 37.9 Å². The van der Waals surface area contributed by atoms with Crippen LogP contribution in [0.15, 0.2) is 0 Å². The lowest BCUT2D eigenvalue weighted by molar-refractivity contribution is 0.177. The zero-order valence-electron chi connectivity index (χ0n) is 10.3. The van der Waals surface area contributed by atoms with Gasteiger partial charge in [0.25, 0.3) is 0 Å². The van der Waals surface area contributed by atoms with Crippen LogP contribution in [0, 0.1) is 3.57 Å². The van der Waals surface area contributed by atoms with Crippen molar-refractivity contribution in [2.45, 2.75) is 38.2 Å². The topological polar surface area (TPSA) is 47.0 Å². The first-order valence-electron chi connectivity index (χ1n) is 5.99. The second kappa shape index (κ2) is 5.95. The molecular weight excluding hydrogens is 329 g/mol. The van der Waals surface area contributed by atoms with Crippen LogP contribution in [0.4, 0.5) is 5.82 Å². The predicted octanol–water partition coefficient (Wildman–Crippen LogP) is 2.93. The molecule has 1 aromatic heterocycles. The third kappa shape index (κ3) is 2.88. The predicted molar refractivity (Wildman–Crippen MR) is 76.2 cm³/mol. The summed E-state index contributed by atoms with van der Waals surface area (Å²) in [5.74, 6) is 2.31. The second-order valence-electron chi connectivity index (χ2n) is 4.35. The molecule has 4 nitrogen and oxygen atoms in total. The molecule has 0 bridgehead atoms. The van der Waals surface area contributed by atoms with Crippen molar-refractivity contribution in [3.8, 4) is 0 Å². The Labute approximate surface area is 116 Å². The molecule has 0 aliphatic heterocycles. The van der Waals surface area contributed by atoms with Gasteiger partial charge in [0.15, 0.2) is 5.82 Å². The van der Waals surface area contributed by atoms with Crippen molar-refractivity contribution in [2.75, 3.05) is 19.5 Å². The molecule has 2 rings (SSSR count). The Morgan fingerprint density at radius 2 is 2.06 bits per heavy atom. The Morgan fingerprint density at radius 3 is 2.65 bits per heavy atom. The van der Waals surface area contributed by atoms with Gasteiger partial charge in [0.05, 0.1) is 9.26 Å². The van der Waals surface area contributed by atoms with E-state index in [0.29, 0.717) is 12.5 Å². The molecule has 1 aromatic rings. The van der Waals surface area contributed by atoms with Gasteiger partial charge in [0.1, 0.15) is 12.4 Å². The number of anilines is 1. The van der Waals surface area contributed by atoms with Crippen molar-refractivity contribution in [3.05, 3.63) is 15.1 Å². The number of hydrogen-bond acceptors (Lipinski definition) is 4. The summed E-state index contributed by atoms with van der Waals surface area (Å²) in [6.07, 6.45) is 5.14. The third-order valence-corrected chi connectivity index (χ3v) is 4.24. The number of methoxy groups -OCH3 is 1. The number of nitrogens with one attached hydrogen (secondary N) is 1. The maximum Gasteiger partial charge on any atom is 0.156 e. The van der Waals surface area contributed by atoms with E-state index in [-0.39, 0.29) is 0 Å². The molecule has 0 amide bonds. The fraction of sp³-hybridized carbons (Fsp3) is 0.667. The molecule has 94 valence electrons. The van der Waals surface area contributed by atoms with Gasteiger partial charge in [0, 0.05) is 20.1 Å². The van der Waals surface area contributed by atoms with Gasteiger partial charge in [-0.15, -0.1) is 0 Å². The van der Waals surface area contributed by atoms with E-state index in [4.69, 9.17) is 4.74 Å². The second-order valence-corrected chi connectivity index (χ2v) is 5.43. The molecule has 0 atom stereocenters. The maximum atomic E-state index is 5.13. The first kappa shape index (κ1) is 13.0. The van der Waals surface area contributed by atoms with Gasteiger partial charge in [0.2, 0.25) is 0 Å². The minimum Gasteiger partial charge on any atom is -0.377 e. The molecular formula is C12H18IN3O. The quantitative estimate of drug-likeness (QED) is 0.851. The van der Waals surface area contributed by atoms with Gasteiger partial charge in [-0.05, 0) is 35.4 Å². The van der Waals surface area contributed by atoms with Crippen LogP contribution in [0.25, 0.3) is 0 Å². The van der Waals surface area contributed by atoms with Crippen LogP contribution in [-0.4, -0.2) is 24.1 Å². The standard InChI is InChI=1S/C12H18IN3O/c1-14-12-10(13)11(8-5-3-4-6-8)15-9(16-12)7-17-2/h8H,3-7H2,1-2H3,(H,14,15,16). The Bertz CT molecular complexity index is 392. The van der Waals surface area contributed by atoms with E-state index < -0.39 is 0 Å². The molecule has 1 saturated carbocycles. The van der Waals surface area contributed by atoms with Crippen LogP contribution in [0.2, 0.25) is 0 Å². The van der Waals surface area contributed by atoms with Crippen LogP contribution in [0.3, 0.4) is 0 Å². The van der Waals surface area contributed by atoms with Gasteiger partial charge >= 0.3 is 0 Å². The zero-order chi connectivity index (χ0) is 12.3. The molecule has 5 heteroatoms. The van der Waals surface area contributed by atoms with E-state index in [1.807, 2.05) is 7.05 Å². The van der Waals surface area contributed by atoms with Gasteiger partial charge in [-0.1, -0.05) is 12.8 Å². The minimum atomic E-state index is 0.478. The van der Waals surface area contributed by atoms with Crippen molar-refractivity contribution in [1.82, 2.24) is 9.97 Å². The first-order valence-corrected chi connectivity index (χ1v) is 7.07. The van der Waals surface area contributed by atoms with Gasteiger partial charge in [-0.25, -0.2) is 9.97 Å². The molecule has 1 heterocycles. The van der Waals surface area contributed by atoms with Gasteiger partial charge in [-0.3, -0.25) is 0 Å². The highest BCUT2D eigenvalue weighted by Crippen LogP contribution is 2.36. The van der Waals surface area contributed by atoms with E-state index in [1.165, 1.54) is 31.4 Å². The van der Waals surface area contributed by atoms with Crippen LogP contribution >= 0.6 is 22.6 Å². The number of hydrogen-bond donors (Lipinski definition) is 1. The Kier molecular flexibility index (Phi) is 4.55. The first-order chi connectivity index (χ1) is 8.26. The SMILES string of the molecule is CNc1nc(COC)nc(C2CCCC2)c1I. The molecule has 0 unspecified atom stereocenters. The molecule has 1 fully saturated rings. The number of halogens is 1. The molecule has 0 radical (unpaired) electrons. The van der Waals surface area contributed by atoms with E-state index in [1.54, 1.807) is 7.11 Å². The smallest absolute Gasteiger partial charge is 0.156 e. The van der Waals surface area contributed by atoms with Crippen LogP contribution < -0.4 is 5.32 Å². The number of aromatic nitrogens is 2. The lowest BCUT2D eigenvalue weighted by Gasteiger charge is -2.15. The van der Waals surface area contributed by atoms with Crippen LogP contribution in [0.5, 0.6) is 0 Å². The van der Waals surface area contributed by atoms with Crippen LogP contribution in [0.1, 0.15) is 43.1 Å². The average Bonchev–Trinajstić information content (AvgIpc) is 2.85. The highest BCUT2D eigenvalue weighted by molar-refractivity contribution is 14.1. The summed E-state index contributed by atoms with van der Waals surface area (Å²) in [5.41, 5.74) is 1.20. The summed E-state index contributed by atoms with van der Waals surface area (Å²) in [4.78, 5) is 9.13. The number of ether oxygens (including phenoxy) is 1. The van der Waals surface area contributed by atoms with Crippen LogP contribution in [-0.2, 0) is 11.3 Å². The van der Waals surface area contributed by atoms with Crippen molar-refractivity contribution in [2.24, 2.45) is 0 Å². The fourth-order valence-corrected chi connectivity index (χ4v) is 3.29. The molecule has 1 N–H and O–H groups in total. The maximum absolute atomic E-state index is 5.13. The summed E-state index contributed by atoms with van der Waals surface area (Å²) >= 11 is 2.35. The lowest BCUT2D eigenvalue weighted by Crippen LogP contribution is -2.10. The summed E-state index contributed by atoms with van der Waals surface area (Å²) in [6.45, 7) is 0.478. The molecule has 0 aromatic carbocycles. The highest BCUT2D eigenvalue weighted by Gasteiger charge is 2.23. The highest BCUT2D eigenvalue weighted by atomic mass is 127. The van der Waals surface area contributed by atoms with E-state index in [0.717, 1.165) is 15.2 Å². The molecule has 1 aliphatic rings.